The average molecular weight is 276 g/mol. The first-order chi connectivity index (χ1) is 9.31. The van der Waals surface area contributed by atoms with Crippen LogP contribution in [0, 0.1) is 0 Å². The summed E-state index contributed by atoms with van der Waals surface area (Å²) in [6, 6.07) is 10.2. The summed E-state index contributed by atoms with van der Waals surface area (Å²) in [6.45, 7) is 3.07. The van der Waals surface area contributed by atoms with E-state index in [9.17, 15) is 0 Å². The van der Waals surface area contributed by atoms with E-state index < -0.39 is 0 Å². The van der Waals surface area contributed by atoms with Crippen molar-refractivity contribution in [2.24, 2.45) is 0 Å². The van der Waals surface area contributed by atoms with Gasteiger partial charge in [0, 0.05) is 18.5 Å². The van der Waals surface area contributed by atoms with E-state index in [0.717, 1.165) is 37.2 Å². The van der Waals surface area contributed by atoms with Gasteiger partial charge in [-0.25, -0.2) is 9.97 Å². The summed E-state index contributed by atoms with van der Waals surface area (Å²) < 4.78 is 0. The number of rotatable bonds is 6. The zero-order valence-electron chi connectivity index (χ0n) is 11.1. The minimum atomic E-state index is 0.526. The number of hydrogen-bond acceptors (Lipinski definition) is 3. The molecule has 0 aliphatic rings. The van der Waals surface area contributed by atoms with Gasteiger partial charge in [-0.2, -0.15) is 0 Å². The van der Waals surface area contributed by atoms with Gasteiger partial charge in [-0.3, -0.25) is 0 Å². The highest BCUT2D eigenvalue weighted by molar-refractivity contribution is 6.30. The summed E-state index contributed by atoms with van der Waals surface area (Å²) in [5, 5.41) is 3.87. The van der Waals surface area contributed by atoms with E-state index in [-0.39, 0.29) is 0 Å². The molecule has 19 heavy (non-hydrogen) atoms. The van der Waals surface area contributed by atoms with Crippen molar-refractivity contribution in [2.75, 3.05) is 11.9 Å². The number of halogens is 1. The van der Waals surface area contributed by atoms with Crippen molar-refractivity contribution >= 4 is 17.4 Å². The molecule has 2 aromatic rings. The largest absolute Gasteiger partial charge is 0.370 e. The molecule has 0 atom stereocenters. The second-order valence-electron chi connectivity index (χ2n) is 4.43. The molecule has 0 saturated heterocycles. The normalized spacial score (nSPS) is 10.4. The molecule has 1 aromatic carbocycles. The Morgan fingerprint density at radius 3 is 2.68 bits per heavy atom. The fraction of sp³-hybridized carbons (Fsp3) is 0.333. The number of aromatic nitrogens is 2. The summed E-state index contributed by atoms with van der Waals surface area (Å²) in [5.41, 5.74) is 2.17. The van der Waals surface area contributed by atoms with Gasteiger partial charge >= 0.3 is 0 Å². The molecule has 100 valence electrons. The Balaban J connectivity index is 2.18. The SMILES string of the molecule is CCCCNc1ncnc(Cl)c1Cc1ccccc1. The quantitative estimate of drug-likeness (QED) is 0.641. The molecule has 1 heterocycles. The predicted molar refractivity (Wildman–Crippen MR) is 79.7 cm³/mol. The van der Waals surface area contributed by atoms with Gasteiger partial charge in [0.25, 0.3) is 0 Å². The van der Waals surface area contributed by atoms with Crippen LogP contribution >= 0.6 is 11.6 Å². The Morgan fingerprint density at radius 2 is 1.95 bits per heavy atom. The lowest BCUT2D eigenvalue weighted by atomic mass is 10.1. The molecular weight excluding hydrogens is 258 g/mol. The van der Waals surface area contributed by atoms with Crippen molar-refractivity contribution in [1.82, 2.24) is 9.97 Å². The third-order valence-electron chi connectivity index (χ3n) is 2.94. The molecule has 0 aliphatic heterocycles. The van der Waals surface area contributed by atoms with Crippen LogP contribution in [0.15, 0.2) is 36.7 Å². The Morgan fingerprint density at radius 1 is 1.16 bits per heavy atom. The molecule has 0 radical (unpaired) electrons. The highest BCUT2D eigenvalue weighted by Crippen LogP contribution is 2.23. The van der Waals surface area contributed by atoms with Crippen LogP contribution in [0.5, 0.6) is 0 Å². The van der Waals surface area contributed by atoms with Gasteiger partial charge in [0.15, 0.2) is 0 Å². The van der Waals surface area contributed by atoms with Gasteiger partial charge in [0.05, 0.1) is 0 Å². The summed E-state index contributed by atoms with van der Waals surface area (Å²) in [5.74, 6) is 0.845. The van der Waals surface area contributed by atoms with Crippen LogP contribution in [0.2, 0.25) is 5.15 Å². The highest BCUT2D eigenvalue weighted by Gasteiger charge is 2.10. The molecule has 3 nitrogen and oxygen atoms in total. The fourth-order valence-electron chi connectivity index (χ4n) is 1.88. The van der Waals surface area contributed by atoms with Gasteiger partial charge < -0.3 is 5.32 Å². The predicted octanol–water partition coefficient (Wildman–Crippen LogP) is 3.93. The maximum atomic E-state index is 6.20. The van der Waals surface area contributed by atoms with Crippen molar-refractivity contribution < 1.29 is 0 Å². The molecule has 0 spiro atoms. The maximum Gasteiger partial charge on any atom is 0.138 e. The number of nitrogens with one attached hydrogen (secondary N) is 1. The fourth-order valence-corrected chi connectivity index (χ4v) is 2.08. The topological polar surface area (TPSA) is 37.8 Å². The summed E-state index contributed by atoms with van der Waals surface area (Å²) >= 11 is 6.20. The maximum absolute atomic E-state index is 6.20. The zero-order chi connectivity index (χ0) is 13.5. The number of unbranched alkanes of at least 4 members (excludes halogenated alkanes) is 1. The minimum absolute atomic E-state index is 0.526. The Labute approximate surface area is 119 Å². The van der Waals surface area contributed by atoms with E-state index >= 15 is 0 Å². The molecule has 2 rings (SSSR count). The Hall–Kier alpha value is -1.61. The van der Waals surface area contributed by atoms with Crippen LogP contribution in [0.3, 0.4) is 0 Å². The third-order valence-corrected chi connectivity index (χ3v) is 3.26. The highest BCUT2D eigenvalue weighted by atomic mass is 35.5. The standard InChI is InChI=1S/C15H18ClN3/c1-2-3-9-17-15-13(14(16)18-11-19-15)10-12-7-5-4-6-8-12/h4-8,11H,2-3,9-10H2,1H3,(H,17,18,19). The van der Waals surface area contributed by atoms with E-state index in [1.54, 1.807) is 0 Å². The summed E-state index contributed by atoms with van der Waals surface area (Å²) in [7, 11) is 0. The Bertz CT molecular complexity index is 514. The lowest BCUT2D eigenvalue weighted by Gasteiger charge is -2.11. The second-order valence-corrected chi connectivity index (χ2v) is 4.79. The molecule has 0 aliphatic carbocycles. The van der Waals surface area contributed by atoms with E-state index in [4.69, 9.17) is 11.6 Å². The van der Waals surface area contributed by atoms with Crippen LogP contribution in [-0.4, -0.2) is 16.5 Å². The van der Waals surface area contributed by atoms with Gasteiger partial charge in [0.2, 0.25) is 0 Å². The molecule has 0 fully saturated rings. The van der Waals surface area contributed by atoms with Gasteiger partial charge in [0.1, 0.15) is 17.3 Å². The van der Waals surface area contributed by atoms with Gasteiger partial charge in [-0.15, -0.1) is 0 Å². The zero-order valence-corrected chi connectivity index (χ0v) is 11.8. The molecule has 4 heteroatoms. The first-order valence-corrected chi connectivity index (χ1v) is 6.96. The number of nitrogens with zero attached hydrogens (tertiary/aromatic N) is 2. The molecule has 1 N–H and O–H groups in total. The van der Waals surface area contributed by atoms with Crippen molar-refractivity contribution in [3.05, 3.63) is 52.9 Å². The van der Waals surface area contributed by atoms with Crippen molar-refractivity contribution in [1.29, 1.82) is 0 Å². The average Bonchev–Trinajstić information content (AvgIpc) is 2.44. The van der Waals surface area contributed by atoms with Crippen LogP contribution in [-0.2, 0) is 6.42 Å². The monoisotopic (exact) mass is 275 g/mol. The van der Waals surface area contributed by atoms with Crippen LogP contribution in [0.1, 0.15) is 30.9 Å². The lowest BCUT2D eigenvalue weighted by molar-refractivity contribution is 0.828. The van der Waals surface area contributed by atoms with E-state index in [1.807, 2.05) is 18.2 Å². The smallest absolute Gasteiger partial charge is 0.138 e. The van der Waals surface area contributed by atoms with E-state index in [1.165, 1.54) is 11.9 Å². The summed E-state index contributed by atoms with van der Waals surface area (Å²) in [6.07, 6.45) is 4.52. The van der Waals surface area contributed by atoms with Gasteiger partial charge in [-0.05, 0) is 12.0 Å². The molecule has 0 saturated carbocycles. The van der Waals surface area contributed by atoms with Crippen LogP contribution in [0.4, 0.5) is 5.82 Å². The third kappa shape index (κ3) is 3.93. The first-order valence-electron chi connectivity index (χ1n) is 6.58. The number of benzene rings is 1. The van der Waals surface area contributed by atoms with E-state index in [2.05, 4.69) is 34.3 Å². The number of hydrogen-bond donors (Lipinski definition) is 1. The molecule has 1 aromatic heterocycles. The van der Waals surface area contributed by atoms with Crippen molar-refractivity contribution in [2.45, 2.75) is 26.2 Å². The molecule has 0 amide bonds. The van der Waals surface area contributed by atoms with Crippen molar-refractivity contribution in [3.63, 3.8) is 0 Å². The molecular formula is C15H18ClN3. The van der Waals surface area contributed by atoms with Gasteiger partial charge in [-0.1, -0.05) is 55.3 Å². The summed E-state index contributed by atoms with van der Waals surface area (Å²) in [4.78, 5) is 8.38. The lowest BCUT2D eigenvalue weighted by Crippen LogP contribution is -2.07. The first kappa shape index (κ1) is 13.8. The van der Waals surface area contributed by atoms with Crippen LogP contribution < -0.4 is 5.32 Å². The second kappa shape index (κ2) is 7.10. The molecule has 0 bridgehead atoms. The number of anilines is 1. The minimum Gasteiger partial charge on any atom is -0.370 e. The van der Waals surface area contributed by atoms with Crippen molar-refractivity contribution in [3.8, 4) is 0 Å². The van der Waals surface area contributed by atoms with E-state index in [0.29, 0.717) is 5.15 Å². The molecule has 0 unspecified atom stereocenters. The Kier molecular flexibility index (Phi) is 5.16. The van der Waals surface area contributed by atoms with Crippen LogP contribution in [0.25, 0.3) is 0 Å².